The van der Waals surface area contributed by atoms with Gasteiger partial charge in [-0.1, -0.05) is 59.7 Å². The minimum Gasteiger partial charge on any atom is -0.481 e. The Labute approximate surface area is 126 Å². The van der Waals surface area contributed by atoms with Gasteiger partial charge in [0.2, 0.25) is 0 Å². The average Bonchev–Trinajstić information content (AvgIpc) is 2.26. The van der Waals surface area contributed by atoms with E-state index in [4.69, 9.17) is 51.5 Å². The molecule has 0 spiro atoms. The van der Waals surface area contributed by atoms with Crippen molar-refractivity contribution in [2.75, 3.05) is 0 Å². The molecule has 1 rings (SSSR count). The highest BCUT2D eigenvalue weighted by Crippen LogP contribution is 2.43. The van der Waals surface area contributed by atoms with Gasteiger partial charge < -0.3 is 5.11 Å². The number of benzene rings is 1. The predicted octanol–water partition coefficient (Wildman–Crippen LogP) is 5.66. The number of aliphatic carboxylic acids is 1. The van der Waals surface area contributed by atoms with Crippen LogP contribution in [0.25, 0.3) is 0 Å². The van der Waals surface area contributed by atoms with Crippen molar-refractivity contribution >= 4 is 52.4 Å². The summed E-state index contributed by atoms with van der Waals surface area (Å²) in [6.45, 7) is 1.96. The fourth-order valence-electron chi connectivity index (χ4n) is 1.86. The van der Waals surface area contributed by atoms with E-state index in [0.29, 0.717) is 12.0 Å². The first kappa shape index (κ1) is 15.9. The molecule has 0 fully saturated rings. The Kier molecular flexibility index (Phi) is 6.06. The summed E-state index contributed by atoms with van der Waals surface area (Å²) >= 11 is 24.1. The summed E-state index contributed by atoms with van der Waals surface area (Å²) in [6.07, 6.45) is 1.42. The molecule has 6 heteroatoms. The molecular weight excluding hydrogens is 318 g/mol. The van der Waals surface area contributed by atoms with Gasteiger partial charge in [-0.15, -0.1) is 0 Å². The number of halogens is 4. The van der Waals surface area contributed by atoms with Crippen LogP contribution in [0.1, 0.15) is 37.7 Å². The molecular formula is C12H12Cl4O2. The lowest BCUT2D eigenvalue weighted by Crippen LogP contribution is -2.08. The van der Waals surface area contributed by atoms with E-state index in [1.165, 1.54) is 6.07 Å². The minimum atomic E-state index is -0.906. The highest BCUT2D eigenvalue weighted by molar-refractivity contribution is 6.48. The number of rotatable bonds is 5. The molecule has 0 bridgehead atoms. The first-order valence-electron chi connectivity index (χ1n) is 5.43. The topological polar surface area (TPSA) is 37.3 Å². The molecule has 100 valence electrons. The zero-order valence-electron chi connectivity index (χ0n) is 9.64. The molecule has 2 nitrogen and oxygen atoms in total. The molecule has 0 aliphatic rings. The van der Waals surface area contributed by atoms with Crippen LogP contribution in [0.3, 0.4) is 0 Å². The molecule has 1 aromatic carbocycles. The number of carbonyl (C=O) groups is 1. The lowest BCUT2D eigenvalue weighted by molar-refractivity contribution is -0.137. The van der Waals surface area contributed by atoms with Crippen LogP contribution in [0.15, 0.2) is 6.07 Å². The van der Waals surface area contributed by atoms with Gasteiger partial charge in [0, 0.05) is 0 Å². The maximum Gasteiger partial charge on any atom is 0.303 e. The molecule has 0 saturated carbocycles. The summed E-state index contributed by atoms with van der Waals surface area (Å²) in [5, 5.41) is 10.1. The molecule has 0 heterocycles. The molecule has 1 unspecified atom stereocenters. The molecule has 0 amide bonds. The van der Waals surface area contributed by atoms with Gasteiger partial charge in [0.05, 0.1) is 26.5 Å². The Morgan fingerprint density at radius 1 is 1.22 bits per heavy atom. The van der Waals surface area contributed by atoms with E-state index >= 15 is 0 Å². The molecule has 0 saturated heterocycles. The molecule has 1 atom stereocenters. The van der Waals surface area contributed by atoms with Crippen molar-refractivity contribution in [3.63, 3.8) is 0 Å². The van der Waals surface area contributed by atoms with Crippen LogP contribution in [-0.2, 0) is 4.79 Å². The minimum absolute atomic E-state index is 0.0516. The van der Waals surface area contributed by atoms with Gasteiger partial charge in [0.15, 0.2) is 0 Å². The highest BCUT2D eigenvalue weighted by Gasteiger charge is 2.23. The largest absolute Gasteiger partial charge is 0.481 e. The van der Waals surface area contributed by atoms with E-state index in [2.05, 4.69) is 0 Å². The van der Waals surface area contributed by atoms with E-state index in [9.17, 15) is 4.79 Å². The molecule has 0 aromatic heterocycles. The number of carboxylic acids is 1. The second kappa shape index (κ2) is 6.85. The fraction of sp³-hybridized carbons (Fsp3) is 0.417. The van der Waals surface area contributed by atoms with Gasteiger partial charge in [-0.05, 0) is 24.0 Å². The normalized spacial score (nSPS) is 12.5. The van der Waals surface area contributed by atoms with Gasteiger partial charge >= 0.3 is 5.97 Å². The van der Waals surface area contributed by atoms with E-state index in [-0.39, 0.29) is 32.4 Å². The van der Waals surface area contributed by atoms with Crippen molar-refractivity contribution in [2.45, 2.75) is 32.1 Å². The van der Waals surface area contributed by atoms with Crippen LogP contribution in [0.5, 0.6) is 0 Å². The monoisotopic (exact) mass is 328 g/mol. The quantitative estimate of drug-likeness (QED) is 0.708. The maximum absolute atomic E-state index is 10.9. The Hall–Kier alpha value is -0.150. The molecule has 1 N–H and O–H groups in total. The molecule has 18 heavy (non-hydrogen) atoms. The van der Waals surface area contributed by atoms with Crippen molar-refractivity contribution in [1.29, 1.82) is 0 Å². The van der Waals surface area contributed by atoms with Gasteiger partial charge in [-0.2, -0.15) is 0 Å². The second-order valence-corrected chi connectivity index (χ2v) is 5.54. The zero-order chi connectivity index (χ0) is 13.9. The summed E-state index contributed by atoms with van der Waals surface area (Å²) in [5.74, 6) is -1.19. The average molecular weight is 330 g/mol. The second-order valence-electron chi connectivity index (χ2n) is 3.97. The smallest absolute Gasteiger partial charge is 0.303 e. The molecule has 0 aliphatic heterocycles. The zero-order valence-corrected chi connectivity index (χ0v) is 12.7. The number of hydrogen-bond donors (Lipinski definition) is 1. The Bertz CT molecular complexity index is 434. The van der Waals surface area contributed by atoms with E-state index in [1.807, 2.05) is 6.92 Å². The standard InChI is InChI=1S/C12H12Cl4O2/c1-2-3-6(4-9(17)18)10-11(15)7(13)5-8(14)12(10)16/h5-6H,2-4H2,1H3,(H,17,18). The van der Waals surface area contributed by atoms with E-state index in [1.54, 1.807) is 0 Å². The number of hydrogen-bond acceptors (Lipinski definition) is 1. The van der Waals surface area contributed by atoms with E-state index in [0.717, 1.165) is 6.42 Å². The molecule has 1 aromatic rings. The van der Waals surface area contributed by atoms with Crippen LogP contribution < -0.4 is 0 Å². The Morgan fingerprint density at radius 2 is 1.72 bits per heavy atom. The Balaban J connectivity index is 3.30. The summed E-state index contributed by atoms with van der Waals surface area (Å²) < 4.78 is 0. The highest BCUT2D eigenvalue weighted by atomic mass is 35.5. The van der Waals surface area contributed by atoms with Crippen LogP contribution >= 0.6 is 46.4 Å². The van der Waals surface area contributed by atoms with Crippen molar-refractivity contribution < 1.29 is 9.90 Å². The van der Waals surface area contributed by atoms with Crippen molar-refractivity contribution in [3.05, 3.63) is 31.7 Å². The molecule has 0 aliphatic carbocycles. The summed E-state index contributed by atoms with van der Waals surface area (Å²) in [7, 11) is 0. The lowest BCUT2D eigenvalue weighted by Gasteiger charge is -2.19. The van der Waals surface area contributed by atoms with E-state index < -0.39 is 5.97 Å². The van der Waals surface area contributed by atoms with Crippen LogP contribution in [0, 0.1) is 0 Å². The lowest BCUT2D eigenvalue weighted by atomic mass is 9.91. The maximum atomic E-state index is 10.9. The Morgan fingerprint density at radius 3 is 2.11 bits per heavy atom. The number of carboxylic acid groups (broad SMARTS) is 1. The third kappa shape index (κ3) is 3.67. The first-order chi connectivity index (χ1) is 8.38. The fourth-order valence-corrected chi connectivity index (χ4v) is 2.99. The van der Waals surface area contributed by atoms with Crippen molar-refractivity contribution in [2.24, 2.45) is 0 Å². The van der Waals surface area contributed by atoms with Crippen LogP contribution in [-0.4, -0.2) is 11.1 Å². The summed E-state index contributed by atoms with van der Waals surface area (Å²) in [5.41, 5.74) is 0.528. The van der Waals surface area contributed by atoms with Gasteiger partial charge in [-0.25, -0.2) is 0 Å². The van der Waals surface area contributed by atoms with Gasteiger partial charge in [0.25, 0.3) is 0 Å². The van der Waals surface area contributed by atoms with Gasteiger partial charge in [0.1, 0.15) is 0 Å². The third-order valence-corrected chi connectivity index (χ3v) is 4.22. The van der Waals surface area contributed by atoms with Crippen molar-refractivity contribution in [3.8, 4) is 0 Å². The summed E-state index contributed by atoms with van der Waals surface area (Å²) in [6, 6.07) is 1.46. The van der Waals surface area contributed by atoms with Crippen LogP contribution in [0.4, 0.5) is 0 Å². The SMILES string of the molecule is CCCC(CC(=O)O)c1c(Cl)c(Cl)cc(Cl)c1Cl. The van der Waals surface area contributed by atoms with Gasteiger partial charge in [-0.3, -0.25) is 4.79 Å². The summed E-state index contributed by atoms with van der Waals surface area (Å²) in [4.78, 5) is 10.9. The molecule has 0 radical (unpaired) electrons. The predicted molar refractivity (Wildman–Crippen MR) is 76.4 cm³/mol. The van der Waals surface area contributed by atoms with Crippen molar-refractivity contribution in [1.82, 2.24) is 0 Å². The first-order valence-corrected chi connectivity index (χ1v) is 6.94. The third-order valence-electron chi connectivity index (χ3n) is 2.61. The van der Waals surface area contributed by atoms with Crippen LogP contribution in [0.2, 0.25) is 20.1 Å².